The van der Waals surface area contributed by atoms with E-state index in [0.717, 1.165) is 5.56 Å². The Hall–Kier alpha value is -2.99. The molecule has 3 amide bonds. The van der Waals surface area contributed by atoms with E-state index >= 15 is 0 Å². The molecule has 1 aliphatic rings. The van der Waals surface area contributed by atoms with Crippen molar-refractivity contribution in [3.05, 3.63) is 59.7 Å². The molecular weight excluding hydrogens is 330 g/mol. The van der Waals surface area contributed by atoms with E-state index in [1.807, 2.05) is 18.2 Å². The van der Waals surface area contributed by atoms with Crippen LogP contribution < -0.4 is 16.0 Å². The smallest absolute Gasteiger partial charge is 0.248 e. The number of hydrogen-bond acceptors (Lipinski definition) is 4. The molecule has 1 heterocycles. The largest absolute Gasteiger partial charge is 0.324 e. The highest BCUT2D eigenvalue weighted by molar-refractivity contribution is 6.20. The Morgan fingerprint density at radius 1 is 1.08 bits per heavy atom. The predicted molar refractivity (Wildman–Crippen MR) is 99.5 cm³/mol. The Balaban J connectivity index is 1.81. The van der Waals surface area contributed by atoms with Crippen molar-refractivity contribution >= 4 is 29.1 Å². The molecular formula is C20H21N3O3. The summed E-state index contributed by atoms with van der Waals surface area (Å²) in [6.45, 7) is 3.45. The summed E-state index contributed by atoms with van der Waals surface area (Å²) in [6, 6.07) is 14.2. The number of amides is 3. The number of nitrogens with one attached hydrogen (secondary N) is 1. The first kappa shape index (κ1) is 17.8. The highest BCUT2D eigenvalue weighted by atomic mass is 16.2. The van der Waals surface area contributed by atoms with Gasteiger partial charge in [-0.25, -0.2) is 0 Å². The summed E-state index contributed by atoms with van der Waals surface area (Å²) >= 11 is 0. The summed E-state index contributed by atoms with van der Waals surface area (Å²) in [6.07, 6.45) is 0.471. The maximum Gasteiger partial charge on any atom is 0.248 e. The summed E-state index contributed by atoms with van der Waals surface area (Å²) in [5.74, 6) is -0.744. The number of nitrogens with two attached hydrogens (primary N) is 1. The van der Waals surface area contributed by atoms with Gasteiger partial charge in [-0.05, 0) is 43.2 Å². The maximum atomic E-state index is 12.6. The minimum atomic E-state index is -1.19. The van der Waals surface area contributed by atoms with Gasteiger partial charge in [0, 0.05) is 18.5 Å². The first-order valence-corrected chi connectivity index (χ1v) is 8.43. The molecule has 0 saturated carbocycles. The van der Waals surface area contributed by atoms with Gasteiger partial charge in [-0.15, -0.1) is 0 Å². The zero-order valence-electron chi connectivity index (χ0n) is 14.8. The fourth-order valence-corrected chi connectivity index (χ4v) is 3.01. The minimum Gasteiger partial charge on any atom is -0.324 e. The Labute approximate surface area is 152 Å². The lowest BCUT2D eigenvalue weighted by Crippen LogP contribution is -2.45. The molecule has 0 aliphatic carbocycles. The van der Waals surface area contributed by atoms with Gasteiger partial charge in [-0.2, -0.15) is 0 Å². The van der Waals surface area contributed by atoms with Gasteiger partial charge in [0.05, 0.1) is 5.69 Å². The van der Waals surface area contributed by atoms with Crippen LogP contribution in [0.5, 0.6) is 0 Å². The van der Waals surface area contributed by atoms with Gasteiger partial charge in [0.2, 0.25) is 17.7 Å². The van der Waals surface area contributed by atoms with Crippen LogP contribution >= 0.6 is 0 Å². The van der Waals surface area contributed by atoms with Crippen molar-refractivity contribution in [2.24, 2.45) is 5.73 Å². The van der Waals surface area contributed by atoms with Crippen LogP contribution in [0.15, 0.2) is 48.5 Å². The number of hydrogen-bond donors (Lipinski definition) is 2. The molecule has 3 rings (SSSR count). The second-order valence-corrected chi connectivity index (χ2v) is 6.65. The molecule has 3 N–H and O–H groups in total. The van der Waals surface area contributed by atoms with Crippen molar-refractivity contribution in [1.82, 2.24) is 0 Å². The van der Waals surface area contributed by atoms with Crippen LogP contribution in [-0.4, -0.2) is 17.7 Å². The molecule has 0 radical (unpaired) electrons. The van der Waals surface area contributed by atoms with E-state index in [0.29, 0.717) is 16.9 Å². The van der Waals surface area contributed by atoms with E-state index in [4.69, 9.17) is 5.73 Å². The van der Waals surface area contributed by atoms with Gasteiger partial charge in [0.15, 0.2) is 0 Å². The summed E-state index contributed by atoms with van der Waals surface area (Å²) in [5.41, 5.74) is 7.58. The standard InChI is InChI=1S/C20H21N3O3/c1-13-12-15(8-9-16(13)23-17(24)10-11-18(23)25)22-19(26)20(2,21)14-6-4-3-5-7-14/h3-9,12H,10-11,21H2,1-2H3,(H,22,26). The summed E-state index contributed by atoms with van der Waals surface area (Å²) in [4.78, 5) is 37.7. The highest BCUT2D eigenvalue weighted by Crippen LogP contribution is 2.29. The van der Waals surface area contributed by atoms with E-state index in [1.165, 1.54) is 4.90 Å². The third kappa shape index (κ3) is 3.23. The molecule has 1 unspecified atom stereocenters. The topological polar surface area (TPSA) is 92.5 Å². The predicted octanol–water partition coefficient (Wildman–Crippen LogP) is 2.46. The van der Waals surface area contributed by atoms with Crippen molar-refractivity contribution in [2.75, 3.05) is 10.2 Å². The number of aryl methyl sites for hydroxylation is 1. The lowest BCUT2D eigenvalue weighted by atomic mass is 9.92. The molecule has 0 spiro atoms. The molecule has 0 aromatic heterocycles. The second-order valence-electron chi connectivity index (χ2n) is 6.65. The molecule has 26 heavy (non-hydrogen) atoms. The zero-order valence-corrected chi connectivity index (χ0v) is 14.8. The van der Waals surface area contributed by atoms with Crippen molar-refractivity contribution in [3.8, 4) is 0 Å². The van der Waals surface area contributed by atoms with Crippen LogP contribution in [0, 0.1) is 6.92 Å². The van der Waals surface area contributed by atoms with Gasteiger partial charge in [-0.1, -0.05) is 30.3 Å². The third-order valence-corrected chi connectivity index (χ3v) is 4.59. The quantitative estimate of drug-likeness (QED) is 0.828. The molecule has 1 aliphatic heterocycles. The van der Waals surface area contributed by atoms with E-state index in [9.17, 15) is 14.4 Å². The molecule has 0 bridgehead atoms. The number of carbonyl (C=O) groups is 3. The van der Waals surface area contributed by atoms with Gasteiger partial charge in [-0.3, -0.25) is 19.3 Å². The van der Waals surface area contributed by atoms with E-state index in [-0.39, 0.29) is 30.6 Å². The maximum absolute atomic E-state index is 12.6. The average molecular weight is 351 g/mol. The van der Waals surface area contributed by atoms with Crippen LogP contribution in [0.25, 0.3) is 0 Å². The van der Waals surface area contributed by atoms with Gasteiger partial charge >= 0.3 is 0 Å². The van der Waals surface area contributed by atoms with Crippen LogP contribution in [0.2, 0.25) is 0 Å². The molecule has 134 valence electrons. The highest BCUT2D eigenvalue weighted by Gasteiger charge is 2.32. The van der Waals surface area contributed by atoms with Crippen LogP contribution in [0.3, 0.4) is 0 Å². The molecule has 2 aromatic carbocycles. The second kappa shape index (κ2) is 6.72. The van der Waals surface area contributed by atoms with Crippen molar-refractivity contribution in [1.29, 1.82) is 0 Å². The lowest BCUT2D eigenvalue weighted by Gasteiger charge is -2.24. The number of benzene rings is 2. The van der Waals surface area contributed by atoms with Crippen molar-refractivity contribution in [3.63, 3.8) is 0 Å². The van der Waals surface area contributed by atoms with E-state index in [2.05, 4.69) is 5.32 Å². The fourth-order valence-electron chi connectivity index (χ4n) is 3.01. The minimum absolute atomic E-state index is 0.200. The normalized spacial score (nSPS) is 16.5. The Kier molecular flexibility index (Phi) is 4.61. The fraction of sp³-hybridized carbons (Fsp3) is 0.250. The van der Waals surface area contributed by atoms with Crippen LogP contribution in [0.1, 0.15) is 30.9 Å². The number of anilines is 2. The van der Waals surface area contributed by atoms with Gasteiger partial charge < -0.3 is 11.1 Å². The van der Waals surface area contributed by atoms with E-state index in [1.54, 1.807) is 44.2 Å². The number of carbonyl (C=O) groups excluding carboxylic acids is 3. The number of imide groups is 1. The van der Waals surface area contributed by atoms with Gasteiger partial charge in [0.25, 0.3) is 0 Å². The van der Waals surface area contributed by atoms with Crippen LogP contribution in [-0.2, 0) is 19.9 Å². The lowest BCUT2D eigenvalue weighted by molar-refractivity contribution is -0.122. The first-order chi connectivity index (χ1) is 12.3. The zero-order chi connectivity index (χ0) is 18.9. The number of rotatable bonds is 4. The SMILES string of the molecule is Cc1cc(NC(=O)C(C)(N)c2ccccc2)ccc1N1C(=O)CCC1=O. The summed E-state index contributed by atoms with van der Waals surface area (Å²) in [5, 5.41) is 2.81. The first-order valence-electron chi connectivity index (χ1n) is 8.43. The Bertz CT molecular complexity index is 859. The molecule has 1 atom stereocenters. The molecule has 1 saturated heterocycles. The van der Waals surface area contributed by atoms with Crippen molar-refractivity contribution < 1.29 is 14.4 Å². The van der Waals surface area contributed by atoms with Crippen molar-refractivity contribution in [2.45, 2.75) is 32.2 Å². The molecule has 2 aromatic rings. The molecule has 1 fully saturated rings. The Morgan fingerprint density at radius 3 is 2.27 bits per heavy atom. The van der Waals surface area contributed by atoms with Gasteiger partial charge in [0.1, 0.15) is 5.54 Å². The third-order valence-electron chi connectivity index (χ3n) is 4.59. The van der Waals surface area contributed by atoms with Crippen LogP contribution in [0.4, 0.5) is 11.4 Å². The number of nitrogens with zero attached hydrogens (tertiary/aromatic N) is 1. The van der Waals surface area contributed by atoms with E-state index < -0.39 is 5.54 Å². The summed E-state index contributed by atoms with van der Waals surface area (Å²) < 4.78 is 0. The monoisotopic (exact) mass is 351 g/mol. The molecule has 6 nitrogen and oxygen atoms in total. The average Bonchev–Trinajstić information content (AvgIpc) is 2.94. The Morgan fingerprint density at radius 2 is 1.69 bits per heavy atom. The summed E-state index contributed by atoms with van der Waals surface area (Å²) in [7, 11) is 0. The molecule has 6 heteroatoms.